The van der Waals surface area contributed by atoms with Crippen LogP contribution in [0, 0.1) is 11.8 Å². The van der Waals surface area contributed by atoms with Crippen LogP contribution >= 0.6 is 0 Å². The smallest absolute Gasteiger partial charge is 0.0586 e. The second-order valence-electron chi connectivity index (χ2n) is 7.25. The van der Waals surface area contributed by atoms with Gasteiger partial charge in [0.15, 0.2) is 0 Å². The Labute approximate surface area is 142 Å². The SMILES string of the molecule is C=Cc1ccc(CN(CC2CCC(C)CC2)C(CC)CO)cc1. The summed E-state index contributed by atoms with van der Waals surface area (Å²) in [6, 6.07) is 8.91. The monoisotopic (exact) mass is 315 g/mol. The Morgan fingerprint density at radius 1 is 1.22 bits per heavy atom. The molecule has 0 saturated heterocycles. The molecule has 128 valence electrons. The summed E-state index contributed by atoms with van der Waals surface area (Å²) in [5, 5.41) is 9.77. The number of aliphatic hydroxyl groups excluding tert-OH is 1. The third-order valence-electron chi connectivity index (χ3n) is 5.43. The maximum Gasteiger partial charge on any atom is 0.0586 e. The van der Waals surface area contributed by atoms with Crippen molar-refractivity contribution in [2.24, 2.45) is 11.8 Å². The van der Waals surface area contributed by atoms with Crippen LogP contribution in [0.1, 0.15) is 57.1 Å². The summed E-state index contributed by atoms with van der Waals surface area (Å²) >= 11 is 0. The third kappa shape index (κ3) is 5.47. The minimum atomic E-state index is 0.254. The number of hydrogen-bond donors (Lipinski definition) is 1. The molecule has 1 fully saturated rings. The summed E-state index contributed by atoms with van der Waals surface area (Å²) < 4.78 is 0. The molecule has 0 aliphatic heterocycles. The summed E-state index contributed by atoms with van der Waals surface area (Å²) in [5.74, 6) is 1.69. The van der Waals surface area contributed by atoms with Crippen LogP contribution in [-0.4, -0.2) is 29.2 Å². The Balaban J connectivity index is 2.02. The summed E-state index contributed by atoms with van der Waals surface area (Å²) in [6.45, 7) is 10.7. The van der Waals surface area contributed by atoms with Crippen LogP contribution in [0.25, 0.3) is 6.08 Å². The first-order chi connectivity index (χ1) is 11.2. The van der Waals surface area contributed by atoms with Gasteiger partial charge in [-0.2, -0.15) is 0 Å². The van der Waals surface area contributed by atoms with Crippen LogP contribution in [0.15, 0.2) is 30.8 Å². The molecule has 2 nitrogen and oxygen atoms in total. The van der Waals surface area contributed by atoms with Crippen molar-refractivity contribution in [2.75, 3.05) is 13.2 Å². The second-order valence-corrected chi connectivity index (χ2v) is 7.25. The molecule has 1 N–H and O–H groups in total. The molecule has 23 heavy (non-hydrogen) atoms. The fourth-order valence-electron chi connectivity index (χ4n) is 3.68. The summed E-state index contributed by atoms with van der Waals surface area (Å²) in [4.78, 5) is 2.50. The van der Waals surface area contributed by atoms with Gasteiger partial charge in [-0.25, -0.2) is 0 Å². The topological polar surface area (TPSA) is 23.5 Å². The van der Waals surface area contributed by atoms with Crippen molar-refractivity contribution in [3.8, 4) is 0 Å². The van der Waals surface area contributed by atoms with Crippen molar-refractivity contribution in [3.05, 3.63) is 42.0 Å². The van der Waals surface area contributed by atoms with Crippen molar-refractivity contribution in [3.63, 3.8) is 0 Å². The number of aliphatic hydroxyl groups is 1. The fourth-order valence-corrected chi connectivity index (χ4v) is 3.68. The number of nitrogens with zero attached hydrogens (tertiary/aromatic N) is 1. The molecule has 0 bridgehead atoms. The molecule has 0 radical (unpaired) electrons. The maximum atomic E-state index is 9.77. The van der Waals surface area contributed by atoms with Gasteiger partial charge in [0, 0.05) is 19.1 Å². The lowest BCUT2D eigenvalue weighted by atomic mass is 9.82. The van der Waals surface area contributed by atoms with E-state index in [1.165, 1.54) is 31.2 Å². The molecule has 0 amide bonds. The molecule has 1 unspecified atom stereocenters. The molecule has 2 heteroatoms. The van der Waals surface area contributed by atoms with Gasteiger partial charge in [-0.1, -0.05) is 63.6 Å². The van der Waals surface area contributed by atoms with Crippen LogP contribution in [0.5, 0.6) is 0 Å². The average Bonchev–Trinajstić information content (AvgIpc) is 2.58. The number of rotatable bonds is 8. The first-order valence-electron chi connectivity index (χ1n) is 9.22. The Hall–Kier alpha value is -1.12. The summed E-state index contributed by atoms with van der Waals surface area (Å²) in [6.07, 6.45) is 8.30. The Kier molecular flexibility index (Phi) is 7.32. The van der Waals surface area contributed by atoms with E-state index in [9.17, 15) is 5.11 Å². The Morgan fingerprint density at radius 2 is 1.87 bits per heavy atom. The van der Waals surface area contributed by atoms with Crippen LogP contribution < -0.4 is 0 Å². The zero-order valence-corrected chi connectivity index (χ0v) is 14.9. The zero-order chi connectivity index (χ0) is 16.7. The van der Waals surface area contributed by atoms with Gasteiger partial charge in [-0.15, -0.1) is 0 Å². The molecule has 1 aliphatic rings. The fraction of sp³-hybridized carbons (Fsp3) is 0.619. The van der Waals surface area contributed by atoms with Crippen molar-refractivity contribution in [2.45, 2.75) is 58.5 Å². The zero-order valence-electron chi connectivity index (χ0n) is 14.9. The van der Waals surface area contributed by atoms with Crippen molar-refractivity contribution in [1.29, 1.82) is 0 Å². The molecule has 1 aromatic carbocycles. The van der Waals surface area contributed by atoms with Crippen molar-refractivity contribution < 1.29 is 5.11 Å². The molecule has 2 rings (SSSR count). The van der Waals surface area contributed by atoms with Crippen molar-refractivity contribution in [1.82, 2.24) is 4.90 Å². The summed E-state index contributed by atoms with van der Waals surface area (Å²) in [5.41, 5.74) is 2.49. The second kappa shape index (κ2) is 9.24. The average molecular weight is 316 g/mol. The highest BCUT2D eigenvalue weighted by Crippen LogP contribution is 2.29. The maximum absolute atomic E-state index is 9.77. The van der Waals surface area contributed by atoms with Gasteiger partial charge >= 0.3 is 0 Å². The highest BCUT2D eigenvalue weighted by Gasteiger charge is 2.24. The van der Waals surface area contributed by atoms with Gasteiger partial charge in [0.2, 0.25) is 0 Å². The van der Waals surface area contributed by atoms with E-state index in [1.807, 2.05) is 6.08 Å². The molecule has 0 aromatic heterocycles. The van der Waals surface area contributed by atoms with Gasteiger partial charge in [-0.05, 0) is 42.2 Å². The molecule has 1 aromatic rings. The molecule has 1 saturated carbocycles. The van der Waals surface area contributed by atoms with Gasteiger partial charge in [-0.3, -0.25) is 4.90 Å². The van der Waals surface area contributed by atoms with Crippen LogP contribution in [0.4, 0.5) is 0 Å². The predicted molar refractivity (Wildman–Crippen MR) is 99.2 cm³/mol. The highest BCUT2D eigenvalue weighted by atomic mass is 16.3. The Bertz CT molecular complexity index is 455. The van der Waals surface area contributed by atoms with Gasteiger partial charge in [0.05, 0.1) is 6.61 Å². The Morgan fingerprint density at radius 3 is 2.39 bits per heavy atom. The standard InChI is InChI=1S/C21H33NO/c1-4-18-10-12-20(13-11-18)15-22(21(5-2)16-23)14-19-8-6-17(3)7-9-19/h4,10-13,17,19,21,23H,1,5-9,14-16H2,2-3H3. The van der Waals surface area contributed by atoms with E-state index in [1.54, 1.807) is 0 Å². The van der Waals surface area contributed by atoms with Crippen LogP contribution in [0.2, 0.25) is 0 Å². The first kappa shape index (κ1) is 18.2. The van der Waals surface area contributed by atoms with E-state index in [0.29, 0.717) is 0 Å². The third-order valence-corrected chi connectivity index (χ3v) is 5.43. The molecule has 1 aliphatic carbocycles. The molecule has 0 spiro atoms. The van der Waals surface area contributed by atoms with E-state index in [4.69, 9.17) is 0 Å². The van der Waals surface area contributed by atoms with Gasteiger partial charge in [0.1, 0.15) is 0 Å². The van der Waals surface area contributed by atoms with E-state index in [-0.39, 0.29) is 12.6 Å². The number of hydrogen-bond acceptors (Lipinski definition) is 2. The number of benzene rings is 1. The molecular weight excluding hydrogens is 282 g/mol. The van der Waals surface area contributed by atoms with E-state index in [2.05, 4.69) is 49.6 Å². The lowest BCUT2D eigenvalue weighted by molar-refractivity contribution is 0.0853. The molecule has 1 atom stereocenters. The van der Waals surface area contributed by atoms with Crippen LogP contribution in [0.3, 0.4) is 0 Å². The highest BCUT2D eigenvalue weighted by molar-refractivity contribution is 5.47. The van der Waals surface area contributed by atoms with Crippen molar-refractivity contribution >= 4 is 6.08 Å². The lowest BCUT2D eigenvalue weighted by Crippen LogP contribution is -2.41. The minimum absolute atomic E-state index is 0.254. The quantitative estimate of drug-likeness (QED) is 0.749. The summed E-state index contributed by atoms with van der Waals surface area (Å²) in [7, 11) is 0. The largest absolute Gasteiger partial charge is 0.395 e. The predicted octanol–water partition coefficient (Wildman–Crippen LogP) is 4.73. The minimum Gasteiger partial charge on any atom is -0.395 e. The van der Waals surface area contributed by atoms with Crippen LogP contribution in [-0.2, 0) is 6.54 Å². The van der Waals surface area contributed by atoms with E-state index in [0.717, 1.165) is 36.9 Å². The first-order valence-corrected chi connectivity index (χ1v) is 9.22. The lowest BCUT2D eigenvalue weighted by Gasteiger charge is -2.35. The van der Waals surface area contributed by atoms with Gasteiger partial charge < -0.3 is 5.11 Å². The van der Waals surface area contributed by atoms with E-state index < -0.39 is 0 Å². The molecular formula is C21H33NO. The van der Waals surface area contributed by atoms with Gasteiger partial charge in [0.25, 0.3) is 0 Å². The van der Waals surface area contributed by atoms with E-state index >= 15 is 0 Å². The molecule has 0 heterocycles. The normalized spacial score (nSPS) is 23.0.